The number of fused-ring (bicyclic) bond motifs is 21. The molecule has 0 aliphatic carbocycles. The monoisotopic (exact) mass is 1750 g/mol. The minimum Gasteiger partial charge on any atom is -0.309 e. The Labute approximate surface area is 794 Å². The van der Waals surface area contributed by atoms with Crippen molar-refractivity contribution >= 4 is 180 Å². The van der Waals surface area contributed by atoms with Crippen LogP contribution in [0.15, 0.2) is 479 Å². The third kappa shape index (κ3) is 13.3. The van der Waals surface area contributed by atoms with Crippen LogP contribution in [0.3, 0.4) is 0 Å². The van der Waals surface area contributed by atoms with Crippen LogP contribution >= 0.6 is 0 Å². The zero-order valence-corrected chi connectivity index (χ0v) is 74.6. The molecule has 22 aromatic carbocycles. The van der Waals surface area contributed by atoms with Gasteiger partial charge < -0.3 is 27.4 Å². The lowest BCUT2D eigenvalue weighted by atomic mass is 10.0. The normalized spacial score (nSPS) is 11.6. The maximum absolute atomic E-state index is 7.73. The van der Waals surface area contributed by atoms with E-state index in [4.69, 9.17) is 19.7 Å². The zero-order chi connectivity index (χ0) is 91.6. The molecule has 0 radical (unpaired) electrons. The molecular formula is C129H79N9. The second-order valence-electron chi connectivity index (χ2n) is 35.5. The minimum absolute atomic E-state index is 0.643. The number of hydrogen-bond donors (Lipinski definition) is 0. The molecule has 640 valence electrons. The van der Waals surface area contributed by atoms with E-state index in [2.05, 4.69) is 485 Å². The minimum atomic E-state index is 0.643. The Bertz CT molecular complexity index is 9940. The topological polar surface area (TPSA) is 42.7 Å². The van der Waals surface area contributed by atoms with Crippen LogP contribution < -0.4 is 0 Å². The molecule has 28 rings (SSSR count). The van der Waals surface area contributed by atoms with E-state index in [0.29, 0.717) is 17.1 Å². The second-order valence-corrected chi connectivity index (χ2v) is 35.5. The first-order valence-electron chi connectivity index (χ1n) is 46.5. The van der Waals surface area contributed by atoms with Crippen molar-refractivity contribution < 1.29 is 0 Å². The van der Waals surface area contributed by atoms with Gasteiger partial charge in [-0.25, -0.2) is 14.5 Å². The second kappa shape index (κ2) is 32.7. The number of para-hydroxylation sites is 6. The molecule has 9 nitrogen and oxygen atoms in total. The molecule has 138 heavy (non-hydrogen) atoms. The maximum Gasteiger partial charge on any atom is 0.188 e. The largest absolute Gasteiger partial charge is 0.309 e. The summed E-state index contributed by atoms with van der Waals surface area (Å²) in [5.74, 6) is 0. The summed E-state index contributed by atoms with van der Waals surface area (Å²) in [6, 6.07) is 171. The molecule has 0 spiro atoms. The number of rotatable bonds is 10. The lowest BCUT2D eigenvalue weighted by molar-refractivity contribution is 1.18. The van der Waals surface area contributed by atoms with Crippen molar-refractivity contribution in [2.24, 2.45) is 0 Å². The lowest BCUT2D eigenvalue weighted by Gasteiger charge is -2.12. The molecule has 0 N–H and O–H groups in total. The van der Waals surface area contributed by atoms with Crippen LogP contribution in [-0.2, 0) is 0 Å². The Balaban J connectivity index is 0.000000107. The van der Waals surface area contributed by atoms with Crippen LogP contribution in [-0.4, -0.2) is 27.4 Å². The van der Waals surface area contributed by atoms with Gasteiger partial charge in [0, 0.05) is 82.3 Å². The molecule has 6 heterocycles. The molecule has 0 saturated carbocycles. The molecule has 9 heteroatoms. The van der Waals surface area contributed by atoms with Gasteiger partial charge in [-0.05, 0) is 270 Å². The molecule has 0 saturated heterocycles. The van der Waals surface area contributed by atoms with E-state index < -0.39 is 0 Å². The molecule has 0 amide bonds. The van der Waals surface area contributed by atoms with E-state index in [1.165, 1.54) is 142 Å². The summed E-state index contributed by atoms with van der Waals surface area (Å²) in [5.41, 5.74) is 32.1. The summed E-state index contributed by atoms with van der Waals surface area (Å²) in [5, 5.41) is 21.7. The summed E-state index contributed by atoms with van der Waals surface area (Å²) < 4.78 is 14.0. The first-order chi connectivity index (χ1) is 68.3. The summed E-state index contributed by atoms with van der Waals surface area (Å²) in [7, 11) is 0. The van der Waals surface area contributed by atoms with Crippen LogP contribution in [0, 0.1) is 19.7 Å². The molecule has 28 aromatic rings. The smallest absolute Gasteiger partial charge is 0.188 e. The average molecular weight is 1760 g/mol. The van der Waals surface area contributed by atoms with Gasteiger partial charge in [0.1, 0.15) is 0 Å². The van der Waals surface area contributed by atoms with Crippen molar-refractivity contribution in [3.8, 4) is 78.6 Å². The fourth-order valence-corrected chi connectivity index (χ4v) is 21.5. The highest BCUT2D eigenvalue weighted by Gasteiger charge is 2.23. The first kappa shape index (κ1) is 79.8. The van der Waals surface area contributed by atoms with Gasteiger partial charge in [-0.3, -0.25) is 0 Å². The Hall–Kier alpha value is -19.1. The van der Waals surface area contributed by atoms with E-state index in [1.807, 2.05) is 36.4 Å². The SMILES string of the molecule is [C-]#[N+]c1ccc2c(c1)c1cc(-c3ccc(-n4c5ccccc5c5ccccc54)cc3)ccc1n2-c1ccc(-c2ccc3ccccc3c2)cc1.[C-]#[N+]c1ccc2c(c1)c1ccccc1n2-c1ccc(-c2ccc3c(c2)c2ccccc2n3-c2ccc3ccccc3c2)cc1.[C-]#[N+]c1ccc2c(c1)c1ccccc1n2-c1ccc(-c2ccc3c(c2)c2ccccc2n3-c2cccc3ccccc23)cc1. The van der Waals surface area contributed by atoms with Gasteiger partial charge >= 0.3 is 0 Å². The average Bonchev–Trinajstić information content (AvgIpc) is 1.60. The molecule has 0 aliphatic heterocycles. The van der Waals surface area contributed by atoms with Crippen molar-refractivity contribution in [2.75, 3.05) is 0 Å². The molecule has 6 aromatic heterocycles. The number of nitrogens with zero attached hydrogens (tertiary/aromatic N) is 9. The van der Waals surface area contributed by atoms with Crippen LogP contribution in [0.1, 0.15) is 0 Å². The molecular weight excluding hydrogens is 1680 g/mol. The van der Waals surface area contributed by atoms with Gasteiger partial charge in [0.25, 0.3) is 0 Å². The highest BCUT2D eigenvalue weighted by atomic mass is 15.0. The quantitative estimate of drug-likeness (QED) is 0.123. The Morgan fingerprint density at radius 2 is 0.355 bits per heavy atom. The van der Waals surface area contributed by atoms with E-state index in [1.54, 1.807) is 0 Å². The van der Waals surface area contributed by atoms with Crippen molar-refractivity contribution in [3.63, 3.8) is 0 Å². The van der Waals surface area contributed by atoms with Gasteiger partial charge in [-0.2, -0.15) is 0 Å². The van der Waals surface area contributed by atoms with Gasteiger partial charge in [-0.1, -0.05) is 297 Å². The van der Waals surface area contributed by atoms with E-state index in [-0.39, 0.29) is 0 Å². The molecule has 0 bridgehead atoms. The number of benzene rings is 22. The van der Waals surface area contributed by atoms with Crippen molar-refractivity contribution in [2.45, 2.75) is 0 Å². The molecule has 0 fully saturated rings. The molecule has 0 aliphatic rings. The van der Waals surface area contributed by atoms with Gasteiger partial charge in [0.15, 0.2) is 17.1 Å². The summed E-state index contributed by atoms with van der Waals surface area (Å²) in [6.07, 6.45) is 0. The van der Waals surface area contributed by atoms with E-state index in [0.717, 1.165) is 99.3 Å². The third-order valence-electron chi connectivity index (χ3n) is 28.0. The van der Waals surface area contributed by atoms with Crippen LogP contribution in [0.5, 0.6) is 0 Å². The fraction of sp³-hybridized carbons (Fsp3) is 0. The molecule has 0 atom stereocenters. The maximum atomic E-state index is 7.73. The van der Waals surface area contributed by atoms with Crippen molar-refractivity contribution in [1.82, 2.24) is 27.4 Å². The van der Waals surface area contributed by atoms with Crippen LogP contribution in [0.2, 0.25) is 0 Å². The van der Waals surface area contributed by atoms with Crippen LogP contribution in [0.4, 0.5) is 17.1 Å². The Morgan fingerprint density at radius 1 is 0.130 bits per heavy atom. The summed E-state index contributed by atoms with van der Waals surface area (Å²) in [6.45, 7) is 22.7. The van der Waals surface area contributed by atoms with Gasteiger partial charge in [0.05, 0.1) is 91.6 Å². The summed E-state index contributed by atoms with van der Waals surface area (Å²) in [4.78, 5) is 11.1. The first-order valence-corrected chi connectivity index (χ1v) is 46.5. The fourth-order valence-electron chi connectivity index (χ4n) is 21.5. The van der Waals surface area contributed by atoms with Gasteiger partial charge in [0.2, 0.25) is 0 Å². The standard InChI is InChI=1S/C47H29N3.2C41H25N3/c1-48-37-21-27-47-43(30-37)42-29-36(33-18-24-38(25-19-33)49-44-12-6-4-10-40(44)41-11-5-7-13-45(41)49)20-26-46(42)50(47)39-22-16-32(17-23-39)35-15-14-31-8-2-3-9-34(31)28-35;1-42-31-18-23-41-37(26-31)35-11-5-6-12-38(35)43(41)32-19-14-28(15-20-32)30-17-22-40-36(25-30)34-10-4-7-13-39(34)44(40)33-21-16-27-8-2-3-9-29(27)24-33;1-42-30-20-24-40-36(26-30)34-13-4-6-14-38(34)43(40)31-21-17-27(18-22-31)29-19-23-41-35(25-29)33-12-5-7-15-39(33)44(41)37-16-8-10-28-9-2-3-11-32(28)37/h2-30H;2*2-26H. The van der Waals surface area contributed by atoms with E-state index in [9.17, 15) is 0 Å². The number of hydrogen-bond acceptors (Lipinski definition) is 0. The third-order valence-corrected chi connectivity index (χ3v) is 28.0. The lowest BCUT2D eigenvalue weighted by Crippen LogP contribution is -1.95. The van der Waals surface area contributed by atoms with Crippen molar-refractivity contribution in [1.29, 1.82) is 0 Å². The van der Waals surface area contributed by atoms with E-state index >= 15 is 0 Å². The van der Waals surface area contributed by atoms with Gasteiger partial charge in [-0.15, -0.1) is 0 Å². The number of aromatic nitrogens is 6. The molecule has 0 unspecified atom stereocenters. The predicted octanol–water partition coefficient (Wildman–Crippen LogP) is 35.4. The highest BCUT2D eigenvalue weighted by Crippen LogP contribution is 2.45. The van der Waals surface area contributed by atoms with Crippen molar-refractivity contribution in [3.05, 3.63) is 513 Å². The summed E-state index contributed by atoms with van der Waals surface area (Å²) >= 11 is 0. The Kier molecular flexibility index (Phi) is 18.9. The Morgan fingerprint density at radius 3 is 0.725 bits per heavy atom. The van der Waals surface area contributed by atoms with Crippen LogP contribution in [0.25, 0.3) is 256 Å². The zero-order valence-electron chi connectivity index (χ0n) is 74.6. The predicted molar refractivity (Wildman–Crippen MR) is 578 cm³/mol. The highest BCUT2D eigenvalue weighted by molar-refractivity contribution is 6.17.